The van der Waals surface area contributed by atoms with E-state index in [1.807, 2.05) is 0 Å². The first-order valence-electron chi connectivity index (χ1n) is 6.93. The first-order chi connectivity index (χ1) is 7.77. The zero-order valence-corrected chi connectivity index (χ0v) is 12.0. The Kier molecular flexibility index (Phi) is 3.54. The van der Waals surface area contributed by atoms with Gasteiger partial charge >= 0.3 is 0 Å². The lowest BCUT2D eigenvalue weighted by atomic mass is 9.96. The summed E-state index contributed by atoms with van der Waals surface area (Å²) >= 11 is 0. The quantitative estimate of drug-likeness (QED) is 0.797. The Morgan fingerprint density at radius 3 is 2.24 bits per heavy atom. The van der Waals surface area contributed by atoms with Crippen LogP contribution in [0.5, 0.6) is 0 Å². The number of rotatable bonds is 2. The third kappa shape index (κ3) is 3.43. The molecule has 2 saturated heterocycles. The van der Waals surface area contributed by atoms with Crippen LogP contribution < -0.4 is 5.32 Å². The number of morpholine rings is 1. The van der Waals surface area contributed by atoms with E-state index in [0.29, 0.717) is 6.04 Å². The minimum absolute atomic E-state index is 0.0242. The molecule has 2 fully saturated rings. The van der Waals surface area contributed by atoms with Gasteiger partial charge in [0.1, 0.15) is 0 Å². The first-order valence-corrected chi connectivity index (χ1v) is 6.93. The molecule has 100 valence electrons. The number of hydrogen-bond acceptors (Lipinski definition) is 3. The predicted octanol–water partition coefficient (Wildman–Crippen LogP) is 1.87. The van der Waals surface area contributed by atoms with Gasteiger partial charge in [0.15, 0.2) is 0 Å². The lowest BCUT2D eigenvalue weighted by molar-refractivity contribution is -0.181. The van der Waals surface area contributed by atoms with Gasteiger partial charge in [-0.05, 0) is 46.6 Å². The molecule has 2 rings (SSSR count). The van der Waals surface area contributed by atoms with Gasteiger partial charge in [-0.2, -0.15) is 0 Å². The van der Waals surface area contributed by atoms with Gasteiger partial charge in [-0.15, -0.1) is 0 Å². The molecule has 0 aromatic rings. The maximum atomic E-state index is 6.12. The van der Waals surface area contributed by atoms with Crippen molar-refractivity contribution in [2.24, 2.45) is 5.92 Å². The van der Waals surface area contributed by atoms with Gasteiger partial charge < -0.3 is 10.1 Å². The summed E-state index contributed by atoms with van der Waals surface area (Å²) in [6, 6.07) is 0.666. The van der Waals surface area contributed by atoms with Crippen LogP contribution in [-0.4, -0.2) is 48.3 Å². The van der Waals surface area contributed by atoms with Crippen molar-refractivity contribution < 1.29 is 4.74 Å². The molecule has 0 aliphatic carbocycles. The molecule has 0 radical (unpaired) electrons. The molecule has 0 saturated carbocycles. The Morgan fingerprint density at radius 1 is 1.18 bits per heavy atom. The van der Waals surface area contributed by atoms with Crippen LogP contribution in [-0.2, 0) is 4.74 Å². The molecule has 17 heavy (non-hydrogen) atoms. The number of nitrogens with zero attached hydrogens (tertiary/aromatic N) is 1. The van der Waals surface area contributed by atoms with E-state index in [-0.39, 0.29) is 11.2 Å². The summed E-state index contributed by atoms with van der Waals surface area (Å²) in [5, 5.41) is 3.63. The molecule has 0 bridgehead atoms. The summed E-state index contributed by atoms with van der Waals surface area (Å²) in [4.78, 5) is 2.57. The number of ether oxygens (including phenoxy) is 1. The Hall–Kier alpha value is -0.120. The van der Waals surface area contributed by atoms with Crippen LogP contribution in [0.2, 0.25) is 0 Å². The third-order valence-corrected chi connectivity index (χ3v) is 3.91. The Morgan fingerprint density at radius 2 is 1.76 bits per heavy atom. The molecular formula is C14H28N2O. The Balaban J connectivity index is 1.96. The first kappa shape index (κ1) is 13.3. The van der Waals surface area contributed by atoms with Crippen molar-refractivity contribution in [3.63, 3.8) is 0 Å². The summed E-state index contributed by atoms with van der Waals surface area (Å²) in [6.45, 7) is 15.6. The molecule has 2 aliphatic heterocycles. The van der Waals surface area contributed by atoms with Gasteiger partial charge in [0.05, 0.1) is 11.2 Å². The van der Waals surface area contributed by atoms with E-state index in [1.54, 1.807) is 0 Å². The van der Waals surface area contributed by atoms with Crippen LogP contribution in [0.1, 0.15) is 41.0 Å². The summed E-state index contributed by atoms with van der Waals surface area (Å²) < 4.78 is 6.12. The van der Waals surface area contributed by atoms with Crippen molar-refractivity contribution in [2.75, 3.05) is 26.2 Å². The highest BCUT2D eigenvalue weighted by atomic mass is 16.5. The van der Waals surface area contributed by atoms with E-state index in [1.165, 1.54) is 13.0 Å². The SMILES string of the molecule is CC1CCNC1CN1CC(C)(C)OC(C)(C)C1. The van der Waals surface area contributed by atoms with Crippen LogP contribution in [0, 0.1) is 5.92 Å². The van der Waals surface area contributed by atoms with Crippen molar-refractivity contribution in [1.29, 1.82) is 0 Å². The smallest absolute Gasteiger partial charge is 0.0760 e. The minimum atomic E-state index is -0.0242. The fourth-order valence-corrected chi connectivity index (χ4v) is 3.50. The highest BCUT2D eigenvalue weighted by molar-refractivity contribution is 4.92. The van der Waals surface area contributed by atoms with Crippen LogP contribution in [0.25, 0.3) is 0 Å². The molecule has 2 heterocycles. The van der Waals surface area contributed by atoms with Crippen molar-refractivity contribution in [3.8, 4) is 0 Å². The predicted molar refractivity (Wildman–Crippen MR) is 71.3 cm³/mol. The van der Waals surface area contributed by atoms with Gasteiger partial charge in [0.25, 0.3) is 0 Å². The molecule has 0 aromatic heterocycles. The van der Waals surface area contributed by atoms with E-state index in [2.05, 4.69) is 44.8 Å². The maximum absolute atomic E-state index is 6.12. The average molecular weight is 240 g/mol. The van der Waals surface area contributed by atoms with Crippen LogP contribution >= 0.6 is 0 Å². The topological polar surface area (TPSA) is 24.5 Å². The summed E-state index contributed by atoms with van der Waals surface area (Å²) in [5.41, 5.74) is -0.0484. The molecule has 2 unspecified atom stereocenters. The van der Waals surface area contributed by atoms with Crippen molar-refractivity contribution >= 4 is 0 Å². The monoisotopic (exact) mass is 240 g/mol. The van der Waals surface area contributed by atoms with Gasteiger partial charge in [0.2, 0.25) is 0 Å². The Labute approximate surface area is 106 Å². The third-order valence-electron chi connectivity index (χ3n) is 3.91. The Bertz CT molecular complexity index is 259. The summed E-state index contributed by atoms with van der Waals surface area (Å²) in [7, 11) is 0. The zero-order valence-electron chi connectivity index (χ0n) is 12.0. The van der Waals surface area contributed by atoms with Gasteiger partial charge in [-0.25, -0.2) is 0 Å². The van der Waals surface area contributed by atoms with E-state index in [4.69, 9.17) is 4.74 Å². The molecular weight excluding hydrogens is 212 g/mol. The highest BCUT2D eigenvalue weighted by Crippen LogP contribution is 2.29. The lowest BCUT2D eigenvalue weighted by Gasteiger charge is -2.48. The standard InChI is InChI=1S/C14H28N2O/c1-11-6-7-15-12(11)8-16-9-13(2,3)17-14(4,5)10-16/h11-12,15H,6-10H2,1-5H3. The second kappa shape index (κ2) is 4.52. The molecule has 2 aliphatic rings. The van der Waals surface area contributed by atoms with Gasteiger partial charge in [-0.1, -0.05) is 6.92 Å². The molecule has 0 aromatic carbocycles. The normalized spacial score (nSPS) is 37.2. The molecule has 1 N–H and O–H groups in total. The fraction of sp³-hybridized carbons (Fsp3) is 1.00. The molecule has 0 amide bonds. The van der Waals surface area contributed by atoms with Crippen molar-refractivity contribution in [1.82, 2.24) is 10.2 Å². The van der Waals surface area contributed by atoms with E-state index in [0.717, 1.165) is 25.6 Å². The fourth-order valence-electron chi connectivity index (χ4n) is 3.50. The van der Waals surface area contributed by atoms with Crippen molar-refractivity contribution in [2.45, 2.75) is 58.3 Å². The molecule has 2 atom stereocenters. The van der Waals surface area contributed by atoms with Crippen LogP contribution in [0.4, 0.5) is 0 Å². The minimum Gasteiger partial charge on any atom is -0.367 e. The summed E-state index contributed by atoms with van der Waals surface area (Å²) in [5.74, 6) is 0.809. The molecule has 0 spiro atoms. The van der Waals surface area contributed by atoms with Crippen molar-refractivity contribution in [3.05, 3.63) is 0 Å². The number of nitrogens with one attached hydrogen (secondary N) is 1. The van der Waals surface area contributed by atoms with Gasteiger partial charge in [-0.3, -0.25) is 4.90 Å². The second-order valence-electron chi connectivity index (χ2n) is 7.12. The van der Waals surface area contributed by atoms with E-state index < -0.39 is 0 Å². The van der Waals surface area contributed by atoms with Crippen LogP contribution in [0.3, 0.4) is 0 Å². The lowest BCUT2D eigenvalue weighted by Crippen LogP contribution is -2.59. The van der Waals surface area contributed by atoms with Gasteiger partial charge in [0, 0.05) is 25.7 Å². The second-order valence-corrected chi connectivity index (χ2v) is 7.12. The molecule has 3 nitrogen and oxygen atoms in total. The molecule has 3 heteroatoms. The van der Waals surface area contributed by atoms with Crippen LogP contribution in [0.15, 0.2) is 0 Å². The zero-order chi connectivity index (χ0) is 12.7. The maximum Gasteiger partial charge on any atom is 0.0760 e. The number of hydrogen-bond donors (Lipinski definition) is 1. The van der Waals surface area contributed by atoms with E-state index in [9.17, 15) is 0 Å². The highest BCUT2D eigenvalue weighted by Gasteiger charge is 2.39. The average Bonchev–Trinajstić information content (AvgIpc) is 2.45. The van der Waals surface area contributed by atoms with E-state index >= 15 is 0 Å². The largest absolute Gasteiger partial charge is 0.367 e. The summed E-state index contributed by atoms with van der Waals surface area (Å²) in [6.07, 6.45) is 1.32.